The van der Waals surface area contributed by atoms with Gasteiger partial charge in [0.2, 0.25) is 0 Å². The Hall–Kier alpha value is -1.28. The third kappa shape index (κ3) is 2.89. The molecule has 0 saturated carbocycles. The second kappa shape index (κ2) is 4.53. The highest BCUT2D eigenvalue weighted by Crippen LogP contribution is 2.37. The largest absolute Gasteiger partial charge is 0.416 e. The third-order valence-electron chi connectivity index (χ3n) is 1.87. The highest BCUT2D eigenvalue weighted by Gasteiger charge is 2.30. The van der Waals surface area contributed by atoms with Gasteiger partial charge in [0.05, 0.1) is 5.56 Å². The van der Waals surface area contributed by atoms with Crippen LogP contribution in [0.1, 0.15) is 5.56 Å². The van der Waals surface area contributed by atoms with Crippen molar-refractivity contribution < 1.29 is 13.2 Å². The van der Waals surface area contributed by atoms with Crippen LogP contribution in [-0.4, -0.2) is 10.2 Å². The first kappa shape index (κ1) is 12.2. The van der Waals surface area contributed by atoms with Crippen LogP contribution in [-0.2, 0) is 6.18 Å². The van der Waals surface area contributed by atoms with E-state index in [2.05, 4.69) is 10.2 Å². The van der Waals surface area contributed by atoms with Crippen LogP contribution in [0.3, 0.4) is 0 Å². The fraction of sp³-hybridized carbons (Fsp3) is 0.111. The van der Waals surface area contributed by atoms with Crippen LogP contribution in [0.5, 0.6) is 0 Å². The summed E-state index contributed by atoms with van der Waals surface area (Å²) < 4.78 is 37.8. The molecule has 0 saturated heterocycles. The molecule has 0 radical (unpaired) electrons. The summed E-state index contributed by atoms with van der Waals surface area (Å²) in [6, 6.07) is 3.26. The molecule has 1 aromatic carbocycles. The van der Waals surface area contributed by atoms with E-state index in [4.69, 9.17) is 5.73 Å². The van der Waals surface area contributed by atoms with Gasteiger partial charge in [-0.2, -0.15) is 13.2 Å². The predicted molar refractivity (Wildman–Crippen MR) is 59.9 cm³/mol. The lowest BCUT2D eigenvalue weighted by Gasteiger charge is -2.09. The zero-order chi connectivity index (χ0) is 12.5. The van der Waals surface area contributed by atoms with Crippen molar-refractivity contribution in [3.63, 3.8) is 0 Å². The fourth-order valence-electron chi connectivity index (χ4n) is 1.12. The number of alkyl halides is 3. The lowest BCUT2D eigenvalue weighted by atomic mass is 10.2. The van der Waals surface area contributed by atoms with E-state index < -0.39 is 11.7 Å². The second-order valence-electron chi connectivity index (χ2n) is 3.06. The fourth-order valence-corrected chi connectivity index (χ4v) is 2.58. The Morgan fingerprint density at radius 3 is 2.59 bits per heavy atom. The smallest absolute Gasteiger partial charge is 0.398 e. The highest BCUT2D eigenvalue weighted by atomic mass is 32.2. The van der Waals surface area contributed by atoms with Crippen molar-refractivity contribution in [1.82, 2.24) is 10.2 Å². The predicted octanol–water partition coefficient (Wildman–Crippen LogP) is 3.29. The summed E-state index contributed by atoms with van der Waals surface area (Å²) >= 11 is 2.49. The Bertz CT molecular complexity index is 511. The molecule has 2 rings (SSSR count). The third-order valence-corrected chi connectivity index (χ3v) is 3.74. The van der Waals surface area contributed by atoms with Crippen LogP contribution in [0.4, 0.5) is 18.9 Å². The zero-order valence-corrected chi connectivity index (χ0v) is 9.86. The van der Waals surface area contributed by atoms with E-state index in [1.807, 2.05) is 0 Å². The van der Waals surface area contributed by atoms with Gasteiger partial charge in [-0.15, -0.1) is 10.2 Å². The Labute approximate surface area is 103 Å². The molecule has 0 bridgehead atoms. The maximum Gasteiger partial charge on any atom is 0.416 e. The summed E-state index contributed by atoms with van der Waals surface area (Å²) in [4.78, 5) is 0.537. The van der Waals surface area contributed by atoms with Gasteiger partial charge in [-0.05, 0) is 18.2 Å². The van der Waals surface area contributed by atoms with E-state index in [-0.39, 0.29) is 5.69 Å². The minimum Gasteiger partial charge on any atom is -0.398 e. The molecular formula is C9H6F3N3S2. The van der Waals surface area contributed by atoms with Crippen LogP contribution in [0.15, 0.2) is 32.9 Å². The lowest BCUT2D eigenvalue weighted by Crippen LogP contribution is -2.05. The molecule has 0 aliphatic rings. The lowest BCUT2D eigenvalue weighted by molar-refractivity contribution is -0.137. The van der Waals surface area contributed by atoms with Crippen molar-refractivity contribution >= 4 is 28.8 Å². The normalized spacial score (nSPS) is 11.7. The van der Waals surface area contributed by atoms with Gasteiger partial charge in [-0.1, -0.05) is 23.1 Å². The number of rotatable bonds is 2. The van der Waals surface area contributed by atoms with Crippen LogP contribution in [0.2, 0.25) is 0 Å². The average Bonchev–Trinajstić information content (AvgIpc) is 2.72. The Balaban J connectivity index is 2.26. The molecule has 0 atom stereocenters. The number of hydrogen-bond acceptors (Lipinski definition) is 5. The van der Waals surface area contributed by atoms with Gasteiger partial charge < -0.3 is 5.73 Å². The highest BCUT2D eigenvalue weighted by molar-refractivity contribution is 8.01. The quantitative estimate of drug-likeness (QED) is 0.856. The number of halogens is 3. The van der Waals surface area contributed by atoms with Crippen molar-refractivity contribution in [3.05, 3.63) is 29.3 Å². The number of hydrogen-bond donors (Lipinski definition) is 1. The SMILES string of the molecule is Nc1cc(C(F)(F)F)ccc1Sc1nncs1. The first-order chi connectivity index (χ1) is 7.97. The summed E-state index contributed by atoms with van der Waals surface area (Å²) in [5.41, 5.74) is 6.44. The van der Waals surface area contributed by atoms with E-state index in [1.54, 1.807) is 5.51 Å². The van der Waals surface area contributed by atoms with Crippen LogP contribution < -0.4 is 5.73 Å². The molecule has 2 N–H and O–H groups in total. The Morgan fingerprint density at radius 2 is 2.06 bits per heavy atom. The molecule has 0 spiro atoms. The molecule has 1 aromatic heterocycles. The van der Waals surface area contributed by atoms with Gasteiger partial charge in [-0.25, -0.2) is 0 Å². The van der Waals surface area contributed by atoms with Crippen molar-refractivity contribution in [2.24, 2.45) is 0 Å². The monoisotopic (exact) mass is 277 g/mol. The molecular weight excluding hydrogens is 271 g/mol. The number of anilines is 1. The number of nitrogens with two attached hydrogens (primary N) is 1. The number of nitrogen functional groups attached to an aromatic ring is 1. The summed E-state index contributed by atoms with van der Waals surface area (Å²) in [6.07, 6.45) is -4.37. The molecule has 3 nitrogen and oxygen atoms in total. The second-order valence-corrected chi connectivity index (χ2v) is 5.18. The molecule has 0 aliphatic heterocycles. The molecule has 0 amide bonds. The van der Waals surface area contributed by atoms with E-state index in [0.29, 0.717) is 9.24 Å². The van der Waals surface area contributed by atoms with Crippen molar-refractivity contribution in [1.29, 1.82) is 0 Å². The maximum absolute atomic E-state index is 12.4. The summed E-state index contributed by atoms with van der Waals surface area (Å²) in [7, 11) is 0. The van der Waals surface area contributed by atoms with E-state index in [9.17, 15) is 13.2 Å². The minimum atomic E-state index is -4.37. The zero-order valence-electron chi connectivity index (χ0n) is 8.23. The summed E-state index contributed by atoms with van der Waals surface area (Å²) in [6.45, 7) is 0. The van der Waals surface area contributed by atoms with Crippen molar-refractivity contribution in [3.8, 4) is 0 Å². The van der Waals surface area contributed by atoms with Crippen LogP contribution in [0.25, 0.3) is 0 Å². The van der Waals surface area contributed by atoms with Gasteiger partial charge in [0.15, 0.2) is 4.34 Å². The van der Waals surface area contributed by atoms with Crippen LogP contribution in [0, 0.1) is 0 Å². The van der Waals surface area contributed by atoms with E-state index in [0.717, 1.165) is 12.1 Å². The van der Waals surface area contributed by atoms with Crippen LogP contribution >= 0.6 is 23.1 Å². The van der Waals surface area contributed by atoms with E-state index >= 15 is 0 Å². The topological polar surface area (TPSA) is 51.8 Å². The first-order valence-electron chi connectivity index (χ1n) is 4.37. The molecule has 0 fully saturated rings. The Morgan fingerprint density at radius 1 is 1.29 bits per heavy atom. The van der Waals surface area contributed by atoms with Crippen molar-refractivity contribution in [2.75, 3.05) is 5.73 Å². The average molecular weight is 277 g/mol. The minimum absolute atomic E-state index is 0.0834. The summed E-state index contributed by atoms with van der Waals surface area (Å²) in [5, 5.41) is 7.41. The van der Waals surface area contributed by atoms with Crippen molar-refractivity contribution in [2.45, 2.75) is 15.4 Å². The molecule has 0 aliphatic carbocycles. The number of nitrogens with zero attached hydrogens (tertiary/aromatic N) is 2. The first-order valence-corrected chi connectivity index (χ1v) is 6.07. The summed E-state index contributed by atoms with van der Waals surface area (Å²) in [5.74, 6) is 0. The van der Waals surface area contributed by atoms with Gasteiger partial charge in [-0.3, -0.25) is 0 Å². The molecule has 1 heterocycles. The number of benzene rings is 1. The van der Waals surface area contributed by atoms with Gasteiger partial charge >= 0.3 is 6.18 Å². The number of aromatic nitrogens is 2. The maximum atomic E-state index is 12.4. The van der Waals surface area contributed by atoms with Gasteiger partial charge in [0.25, 0.3) is 0 Å². The van der Waals surface area contributed by atoms with Gasteiger partial charge in [0.1, 0.15) is 5.51 Å². The Kier molecular flexibility index (Phi) is 3.25. The van der Waals surface area contributed by atoms with Gasteiger partial charge in [0, 0.05) is 10.6 Å². The molecule has 0 unspecified atom stereocenters. The molecule has 90 valence electrons. The molecule has 8 heteroatoms. The standard InChI is InChI=1S/C9H6F3N3S2/c10-9(11,12)5-1-2-7(6(13)3-5)17-8-15-14-4-16-8/h1-4H,13H2. The molecule has 17 heavy (non-hydrogen) atoms. The van der Waals surface area contributed by atoms with E-state index in [1.165, 1.54) is 29.2 Å². The molecule has 2 aromatic rings.